The number of carbonyl (C=O) groups is 1. The minimum absolute atomic E-state index is 0.0648. The molecular weight excluding hydrogens is 240 g/mol. The predicted molar refractivity (Wildman–Crippen MR) is 76.8 cm³/mol. The summed E-state index contributed by atoms with van der Waals surface area (Å²) in [7, 11) is 1.66. The molecule has 0 saturated heterocycles. The highest BCUT2D eigenvalue weighted by atomic mass is 16.5. The van der Waals surface area contributed by atoms with Crippen molar-refractivity contribution in [3.8, 4) is 0 Å². The number of benzene rings is 1. The molecule has 1 unspecified atom stereocenters. The van der Waals surface area contributed by atoms with Gasteiger partial charge in [0.15, 0.2) is 0 Å². The standard InChI is InChI=1S/C15H24N2O2/c1-12(19-2)3-8-15(18)17-11-14-6-4-13(5-7-14)9-10-16/h4-7,12H,3,8-11,16H2,1-2H3,(H,17,18). The van der Waals surface area contributed by atoms with Gasteiger partial charge in [-0.3, -0.25) is 4.79 Å². The molecule has 0 saturated carbocycles. The second-order valence-corrected chi connectivity index (χ2v) is 4.72. The van der Waals surface area contributed by atoms with E-state index in [1.165, 1.54) is 5.56 Å². The molecule has 19 heavy (non-hydrogen) atoms. The molecule has 0 spiro atoms. The first-order chi connectivity index (χ1) is 9.15. The summed E-state index contributed by atoms with van der Waals surface area (Å²) in [5.41, 5.74) is 7.83. The first kappa shape index (κ1) is 15.7. The number of hydrogen-bond acceptors (Lipinski definition) is 3. The van der Waals surface area contributed by atoms with E-state index in [1.807, 2.05) is 19.1 Å². The van der Waals surface area contributed by atoms with Gasteiger partial charge in [-0.2, -0.15) is 0 Å². The van der Waals surface area contributed by atoms with Crippen LogP contribution in [0.15, 0.2) is 24.3 Å². The first-order valence-corrected chi connectivity index (χ1v) is 6.73. The fraction of sp³-hybridized carbons (Fsp3) is 0.533. The van der Waals surface area contributed by atoms with Crippen molar-refractivity contribution in [3.05, 3.63) is 35.4 Å². The molecule has 1 aromatic rings. The smallest absolute Gasteiger partial charge is 0.220 e. The Balaban J connectivity index is 2.29. The van der Waals surface area contributed by atoms with Crippen molar-refractivity contribution in [3.63, 3.8) is 0 Å². The van der Waals surface area contributed by atoms with Crippen molar-refractivity contribution in [2.45, 2.75) is 38.8 Å². The number of rotatable bonds is 8. The van der Waals surface area contributed by atoms with Crippen molar-refractivity contribution in [2.24, 2.45) is 5.73 Å². The summed E-state index contributed by atoms with van der Waals surface area (Å²) >= 11 is 0. The molecular formula is C15H24N2O2. The average Bonchev–Trinajstić information content (AvgIpc) is 2.44. The van der Waals surface area contributed by atoms with Crippen LogP contribution in [0.4, 0.5) is 0 Å². The van der Waals surface area contributed by atoms with Crippen molar-refractivity contribution in [1.82, 2.24) is 5.32 Å². The van der Waals surface area contributed by atoms with Crippen LogP contribution in [0, 0.1) is 0 Å². The van der Waals surface area contributed by atoms with Gasteiger partial charge >= 0.3 is 0 Å². The zero-order valence-corrected chi connectivity index (χ0v) is 11.8. The van der Waals surface area contributed by atoms with Gasteiger partial charge in [0.1, 0.15) is 0 Å². The number of nitrogens with two attached hydrogens (primary N) is 1. The van der Waals surface area contributed by atoms with Crippen molar-refractivity contribution in [1.29, 1.82) is 0 Å². The second kappa shape index (κ2) is 8.67. The van der Waals surface area contributed by atoms with Crippen LogP contribution in [-0.2, 0) is 22.5 Å². The number of ether oxygens (including phenoxy) is 1. The lowest BCUT2D eigenvalue weighted by atomic mass is 10.1. The Morgan fingerprint density at radius 1 is 1.32 bits per heavy atom. The maximum absolute atomic E-state index is 11.6. The Morgan fingerprint density at radius 2 is 1.95 bits per heavy atom. The van der Waals surface area contributed by atoms with Crippen molar-refractivity contribution in [2.75, 3.05) is 13.7 Å². The molecule has 0 fully saturated rings. The van der Waals surface area contributed by atoms with Crippen LogP contribution in [0.1, 0.15) is 30.9 Å². The van der Waals surface area contributed by atoms with Crippen LogP contribution >= 0.6 is 0 Å². The van der Waals surface area contributed by atoms with E-state index in [0.717, 1.165) is 18.4 Å². The van der Waals surface area contributed by atoms with Gasteiger partial charge in [-0.25, -0.2) is 0 Å². The molecule has 4 heteroatoms. The molecule has 0 bridgehead atoms. The summed E-state index contributed by atoms with van der Waals surface area (Å²) in [5, 5.41) is 2.91. The second-order valence-electron chi connectivity index (χ2n) is 4.72. The number of nitrogens with one attached hydrogen (secondary N) is 1. The van der Waals surface area contributed by atoms with E-state index in [0.29, 0.717) is 19.5 Å². The van der Waals surface area contributed by atoms with Crippen LogP contribution in [0.5, 0.6) is 0 Å². The van der Waals surface area contributed by atoms with Crippen molar-refractivity contribution >= 4 is 5.91 Å². The van der Waals surface area contributed by atoms with E-state index >= 15 is 0 Å². The third-order valence-corrected chi connectivity index (χ3v) is 3.13. The average molecular weight is 264 g/mol. The molecule has 0 aliphatic carbocycles. The van der Waals surface area contributed by atoms with E-state index in [1.54, 1.807) is 7.11 Å². The molecule has 0 aliphatic rings. The molecule has 106 valence electrons. The zero-order chi connectivity index (χ0) is 14.1. The molecule has 1 atom stereocenters. The van der Waals surface area contributed by atoms with Gasteiger partial charge in [-0.1, -0.05) is 24.3 Å². The molecule has 0 aliphatic heterocycles. The quantitative estimate of drug-likeness (QED) is 0.750. The predicted octanol–water partition coefficient (Wildman–Crippen LogP) is 1.62. The number of hydrogen-bond donors (Lipinski definition) is 2. The molecule has 3 N–H and O–H groups in total. The van der Waals surface area contributed by atoms with E-state index < -0.39 is 0 Å². The third-order valence-electron chi connectivity index (χ3n) is 3.13. The Labute approximate surface area is 115 Å². The Hall–Kier alpha value is -1.39. The van der Waals surface area contributed by atoms with E-state index in [4.69, 9.17) is 10.5 Å². The van der Waals surface area contributed by atoms with Crippen LogP contribution < -0.4 is 11.1 Å². The molecule has 1 amide bonds. The summed E-state index contributed by atoms with van der Waals surface area (Å²) in [5.74, 6) is 0.0648. The summed E-state index contributed by atoms with van der Waals surface area (Å²) in [6, 6.07) is 8.18. The van der Waals surface area contributed by atoms with Crippen LogP contribution in [0.2, 0.25) is 0 Å². The highest BCUT2D eigenvalue weighted by Crippen LogP contribution is 2.05. The normalized spacial score (nSPS) is 12.2. The van der Waals surface area contributed by atoms with Gasteiger partial charge in [0.2, 0.25) is 5.91 Å². The molecule has 1 rings (SSSR count). The Kier molecular flexibility index (Phi) is 7.15. The zero-order valence-electron chi connectivity index (χ0n) is 11.8. The number of methoxy groups -OCH3 is 1. The van der Waals surface area contributed by atoms with Crippen LogP contribution in [-0.4, -0.2) is 25.7 Å². The minimum atomic E-state index is 0.0648. The SMILES string of the molecule is COC(C)CCC(=O)NCc1ccc(CCN)cc1. The topological polar surface area (TPSA) is 64.3 Å². The minimum Gasteiger partial charge on any atom is -0.382 e. The number of carbonyl (C=O) groups excluding carboxylic acids is 1. The van der Waals surface area contributed by atoms with Gasteiger partial charge in [0, 0.05) is 20.1 Å². The van der Waals surface area contributed by atoms with Gasteiger partial charge in [0.25, 0.3) is 0 Å². The van der Waals surface area contributed by atoms with Crippen LogP contribution in [0.3, 0.4) is 0 Å². The largest absolute Gasteiger partial charge is 0.382 e. The van der Waals surface area contributed by atoms with Gasteiger partial charge in [-0.15, -0.1) is 0 Å². The highest BCUT2D eigenvalue weighted by Gasteiger charge is 2.05. The molecule has 0 aromatic heterocycles. The van der Waals surface area contributed by atoms with E-state index in [2.05, 4.69) is 17.4 Å². The maximum Gasteiger partial charge on any atom is 0.220 e. The highest BCUT2D eigenvalue weighted by molar-refractivity contribution is 5.75. The first-order valence-electron chi connectivity index (χ1n) is 6.73. The summed E-state index contributed by atoms with van der Waals surface area (Å²) < 4.78 is 5.11. The summed E-state index contributed by atoms with van der Waals surface area (Å²) in [6.07, 6.45) is 2.26. The monoisotopic (exact) mass is 264 g/mol. The van der Waals surface area contributed by atoms with E-state index in [-0.39, 0.29) is 12.0 Å². The Bertz CT molecular complexity index is 376. The lowest BCUT2D eigenvalue weighted by Crippen LogP contribution is -2.23. The fourth-order valence-corrected chi connectivity index (χ4v) is 1.73. The lowest BCUT2D eigenvalue weighted by Gasteiger charge is -2.09. The molecule has 0 heterocycles. The van der Waals surface area contributed by atoms with Gasteiger partial charge in [0.05, 0.1) is 6.10 Å². The van der Waals surface area contributed by atoms with Gasteiger partial charge < -0.3 is 15.8 Å². The van der Waals surface area contributed by atoms with E-state index in [9.17, 15) is 4.79 Å². The maximum atomic E-state index is 11.6. The van der Waals surface area contributed by atoms with Crippen molar-refractivity contribution < 1.29 is 9.53 Å². The molecule has 1 aromatic carbocycles. The molecule has 0 radical (unpaired) electrons. The summed E-state index contributed by atoms with van der Waals surface area (Å²) in [4.78, 5) is 11.6. The lowest BCUT2D eigenvalue weighted by molar-refractivity contribution is -0.121. The summed E-state index contributed by atoms with van der Waals surface area (Å²) in [6.45, 7) is 3.19. The molecule has 4 nitrogen and oxygen atoms in total. The number of amides is 1. The fourth-order valence-electron chi connectivity index (χ4n) is 1.73. The van der Waals surface area contributed by atoms with Gasteiger partial charge in [-0.05, 0) is 37.4 Å². The van der Waals surface area contributed by atoms with Crippen LogP contribution in [0.25, 0.3) is 0 Å². The Morgan fingerprint density at radius 3 is 2.53 bits per heavy atom. The third kappa shape index (κ3) is 6.36.